The van der Waals surface area contributed by atoms with Gasteiger partial charge in [0.25, 0.3) is 0 Å². The van der Waals surface area contributed by atoms with Crippen LogP contribution in [-0.2, 0) is 4.74 Å². The van der Waals surface area contributed by atoms with Crippen LogP contribution in [0.4, 0.5) is 0 Å². The van der Waals surface area contributed by atoms with E-state index < -0.39 is 28.7 Å². The Bertz CT molecular complexity index is 1030. The SMILES string of the molecule is COC1CC=Cc2oc3c(-c4c(O)c(O)c(O)c(O)c4O)cccc3c21. The van der Waals surface area contributed by atoms with Gasteiger partial charge in [0.05, 0.1) is 11.7 Å². The summed E-state index contributed by atoms with van der Waals surface area (Å²) in [6.07, 6.45) is 4.22. The van der Waals surface area contributed by atoms with E-state index in [0.29, 0.717) is 17.8 Å². The van der Waals surface area contributed by atoms with Gasteiger partial charge in [0.1, 0.15) is 11.3 Å². The minimum absolute atomic E-state index is 0.199. The van der Waals surface area contributed by atoms with Gasteiger partial charge in [-0.3, -0.25) is 0 Å². The Morgan fingerprint density at radius 3 is 2.27 bits per heavy atom. The third-order valence-electron chi connectivity index (χ3n) is 4.65. The maximum Gasteiger partial charge on any atom is 0.208 e. The average molecular weight is 356 g/mol. The molecule has 0 bridgehead atoms. The molecule has 134 valence electrons. The molecule has 7 heteroatoms. The van der Waals surface area contributed by atoms with E-state index in [9.17, 15) is 25.5 Å². The average Bonchev–Trinajstić information content (AvgIpc) is 3.04. The smallest absolute Gasteiger partial charge is 0.208 e. The number of ether oxygens (including phenoxy) is 1. The first-order valence-corrected chi connectivity index (χ1v) is 7.89. The van der Waals surface area contributed by atoms with E-state index in [1.54, 1.807) is 19.2 Å². The van der Waals surface area contributed by atoms with E-state index in [1.807, 2.05) is 18.2 Å². The van der Waals surface area contributed by atoms with Crippen molar-refractivity contribution in [2.45, 2.75) is 12.5 Å². The highest BCUT2D eigenvalue weighted by Crippen LogP contribution is 2.56. The largest absolute Gasteiger partial charge is 0.504 e. The van der Waals surface area contributed by atoms with Crippen LogP contribution in [0.25, 0.3) is 28.2 Å². The van der Waals surface area contributed by atoms with Crippen LogP contribution in [0.5, 0.6) is 28.7 Å². The molecule has 4 rings (SSSR count). The van der Waals surface area contributed by atoms with Crippen LogP contribution >= 0.6 is 0 Å². The second-order valence-electron chi connectivity index (χ2n) is 6.04. The maximum absolute atomic E-state index is 10.2. The minimum Gasteiger partial charge on any atom is -0.504 e. The summed E-state index contributed by atoms with van der Waals surface area (Å²) in [6.45, 7) is 0. The van der Waals surface area contributed by atoms with Crippen LogP contribution in [0.1, 0.15) is 23.8 Å². The number of aromatic hydroxyl groups is 5. The predicted molar refractivity (Wildman–Crippen MR) is 93.4 cm³/mol. The van der Waals surface area contributed by atoms with E-state index in [4.69, 9.17) is 9.15 Å². The Morgan fingerprint density at radius 1 is 0.962 bits per heavy atom. The lowest BCUT2D eigenvalue weighted by Crippen LogP contribution is -2.03. The fourth-order valence-electron chi connectivity index (χ4n) is 3.38. The summed E-state index contributed by atoms with van der Waals surface area (Å²) >= 11 is 0. The van der Waals surface area contributed by atoms with Crippen molar-refractivity contribution in [1.29, 1.82) is 0 Å². The summed E-state index contributed by atoms with van der Waals surface area (Å²) in [5.41, 5.74) is 1.20. The standard InChI is InChI=1S/C19H16O7/c1-25-10-6-3-7-11-12(10)8-4-2-5-9(19(8)26-11)13-14(20)16(22)18(24)17(23)15(13)21/h2-5,7,10,20-24H,6H2,1H3. The highest BCUT2D eigenvalue weighted by Gasteiger charge is 2.29. The molecule has 0 aliphatic heterocycles. The van der Waals surface area contributed by atoms with Crippen molar-refractivity contribution in [2.75, 3.05) is 7.11 Å². The van der Waals surface area contributed by atoms with Crippen molar-refractivity contribution in [2.24, 2.45) is 0 Å². The van der Waals surface area contributed by atoms with Gasteiger partial charge in [0.2, 0.25) is 17.2 Å². The number of furan rings is 1. The van der Waals surface area contributed by atoms with Gasteiger partial charge in [-0.05, 0) is 12.5 Å². The van der Waals surface area contributed by atoms with Crippen LogP contribution in [0.15, 0.2) is 28.7 Å². The third-order valence-corrected chi connectivity index (χ3v) is 4.65. The van der Waals surface area contributed by atoms with E-state index in [1.165, 1.54) is 0 Å². The summed E-state index contributed by atoms with van der Waals surface area (Å²) in [5, 5.41) is 50.4. The van der Waals surface area contributed by atoms with Crippen molar-refractivity contribution in [3.05, 3.63) is 35.6 Å². The molecule has 1 aliphatic carbocycles. The molecule has 26 heavy (non-hydrogen) atoms. The fraction of sp³-hybridized carbons (Fsp3) is 0.158. The number of para-hydroxylation sites is 1. The summed E-state index contributed by atoms with van der Waals surface area (Å²) in [7, 11) is 1.60. The predicted octanol–water partition coefficient (Wildman–Crippen LogP) is 3.73. The zero-order chi connectivity index (χ0) is 18.6. The van der Waals surface area contributed by atoms with E-state index in [2.05, 4.69) is 0 Å². The van der Waals surface area contributed by atoms with Crippen LogP contribution in [-0.4, -0.2) is 32.6 Å². The molecule has 7 nitrogen and oxygen atoms in total. The zero-order valence-corrected chi connectivity index (χ0v) is 13.7. The monoisotopic (exact) mass is 356 g/mol. The van der Waals surface area contributed by atoms with Crippen molar-refractivity contribution in [1.82, 2.24) is 0 Å². The molecule has 3 aromatic rings. The lowest BCUT2D eigenvalue weighted by atomic mass is 9.95. The van der Waals surface area contributed by atoms with Crippen LogP contribution < -0.4 is 0 Å². The van der Waals surface area contributed by atoms with Crippen molar-refractivity contribution < 1.29 is 34.7 Å². The van der Waals surface area contributed by atoms with Crippen LogP contribution in [0.3, 0.4) is 0 Å². The first-order valence-electron chi connectivity index (χ1n) is 7.89. The van der Waals surface area contributed by atoms with Gasteiger partial charge in [-0.2, -0.15) is 0 Å². The third kappa shape index (κ3) is 2.04. The maximum atomic E-state index is 10.2. The molecule has 1 heterocycles. The summed E-state index contributed by atoms with van der Waals surface area (Å²) in [4.78, 5) is 0. The van der Waals surface area contributed by atoms with Gasteiger partial charge in [0, 0.05) is 23.6 Å². The molecule has 5 N–H and O–H groups in total. The van der Waals surface area contributed by atoms with Gasteiger partial charge in [-0.25, -0.2) is 0 Å². The molecule has 1 atom stereocenters. The molecule has 0 saturated carbocycles. The van der Waals surface area contributed by atoms with Crippen molar-refractivity contribution >= 4 is 17.0 Å². The van der Waals surface area contributed by atoms with Crippen LogP contribution in [0, 0.1) is 0 Å². The quantitative estimate of drug-likeness (QED) is 0.350. The number of hydrogen-bond acceptors (Lipinski definition) is 7. The normalized spacial score (nSPS) is 16.1. The lowest BCUT2D eigenvalue weighted by Gasteiger charge is -2.16. The Kier molecular flexibility index (Phi) is 3.48. The first-order chi connectivity index (χ1) is 12.5. The van der Waals surface area contributed by atoms with E-state index in [-0.39, 0.29) is 17.2 Å². The number of phenols is 5. The number of fused-ring (bicyclic) bond motifs is 3. The number of phenolic OH excluding ortho intramolecular Hbond substituents is 5. The summed E-state index contributed by atoms with van der Waals surface area (Å²) < 4.78 is 11.4. The topological polar surface area (TPSA) is 124 Å². The second-order valence-corrected chi connectivity index (χ2v) is 6.04. The molecular weight excluding hydrogens is 340 g/mol. The molecule has 1 unspecified atom stereocenters. The van der Waals surface area contributed by atoms with E-state index in [0.717, 1.165) is 10.9 Å². The van der Waals surface area contributed by atoms with Gasteiger partial charge in [-0.15, -0.1) is 0 Å². The van der Waals surface area contributed by atoms with E-state index >= 15 is 0 Å². The molecule has 0 saturated heterocycles. The molecule has 1 aromatic heterocycles. The Labute approximate surface area is 147 Å². The molecular formula is C19H16O7. The lowest BCUT2D eigenvalue weighted by molar-refractivity contribution is 0.105. The molecule has 1 aliphatic rings. The first kappa shape index (κ1) is 16.2. The van der Waals surface area contributed by atoms with Crippen molar-refractivity contribution in [3.8, 4) is 39.9 Å². The van der Waals surface area contributed by atoms with Gasteiger partial charge < -0.3 is 34.7 Å². The van der Waals surface area contributed by atoms with Crippen molar-refractivity contribution in [3.63, 3.8) is 0 Å². The molecule has 0 fully saturated rings. The zero-order valence-electron chi connectivity index (χ0n) is 13.7. The van der Waals surface area contributed by atoms with Gasteiger partial charge in [0.15, 0.2) is 11.5 Å². The number of benzene rings is 2. The minimum atomic E-state index is -1.00. The Hall–Kier alpha value is -3.32. The number of hydrogen-bond donors (Lipinski definition) is 5. The highest BCUT2D eigenvalue weighted by molar-refractivity contribution is 6.00. The van der Waals surface area contributed by atoms with Gasteiger partial charge >= 0.3 is 0 Å². The molecule has 0 spiro atoms. The highest BCUT2D eigenvalue weighted by atomic mass is 16.5. The number of rotatable bonds is 2. The number of methoxy groups -OCH3 is 1. The molecule has 0 amide bonds. The summed E-state index contributed by atoms with van der Waals surface area (Å²) in [6, 6.07) is 5.08. The molecule has 2 aromatic carbocycles. The summed E-state index contributed by atoms with van der Waals surface area (Å²) in [5.74, 6) is -3.80. The Morgan fingerprint density at radius 2 is 1.62 bits per heavy atom. The fourth-order valence-corrected chi connectivity index (χ4v) is 3.38. The van der Waals surface area contributed by atoms with Crippen LogP contribution in [0.2, 0.25) is 0 Å². The second kappa shape index (κ2) is 5.60. The Balaban J connectivity index is 2.07. The molecule has 0 radical (unpaired) electrons. The van der Waals surface area contributed by atoms with Gasteiger partial charge in [-0.1, -0.05) is 24.3 Å².